The Morgan fingerprint density at radius 1 is 1.15 bits per heavy atom. The summed E-state index contributed by atoms with van der Waals surface area (Å²) in [6, 6.07) is 8.39. The molecule has 1 unspecified atom stereocenters. The molecule has 1 aromatic rings. The summed E-state index contributed by atoms with van der Waals surface area (Å²) in [4.78, 5) is 51.9. The quantitative estimate of drug-likeness (QED) is 0.808. The summed E-state index contributed by atoms with van der Waals surface area (Å²) in [7, 11) is 0. The third kappa shape index (κ3) is 3.61. The number of carbonyl (C=O) groups is 4. The Balaban J connectivity index is 1.60. The summed E-state index contributed by atoms with van der Waals surface area (Å²) < 4.78 is 0. The molecule has 0 bridgehead atoms. The second-order valence-electron chi connectivity index (χ2n) is 6.69. The zero-order valence-corrected chi connectivity index (χ0v) is 14.8. The van der Waals surface area contributed by atoms with E-state index in [1.807, 2.05) is 25.1 Å². The van der Waals surface area contributed by atoms with E-state index in [2.05, 4.69) is 5.32 Å². The molecule has 0 aromatic heterocycles. The lowest BCUT2D eigenvalue weighted by Crippen LogP contribution is -2.49. The van der Waals surface area contributed by atoms with Crippen LogP contribution in [0.2, 0.25) is 0 Å². The summed E-state index contributed by atoms with van der Waals surface area (Å²) in [5, 5.41) is 2.25. The van der Waals surface area contributed by atoms with Gasteiger partial charge in [0.25, 0.3) is 5.91 Å². The molecule has 7 nitrogen and oxygen atoms in total. The smallest absolute Gasteiger partial charge is 0.253 e. The van der Waals surface area contributed by atoms with E-state index in [0.29, 0.717) is 38.0 Å². The fraction of sp³-hybridized carbons (Fsp3) is 0.474. The van der Waals surface area contributed by atoms with E-state index < -0.39 is 11.9 Å². The molecule has 2 heterocycles. The van der Waals surface area contributed by atoms with Crippen LogP contribution in [0.4, 0.5) is 0 Å². The first-order valence-electron chi connectivity index (χ1n) is 8.99. The number of benzene rings is 1. The number of likely N-dealkylation sites (tertiary alicyclic amines) is 1. The molecule has 26 heavy (non-hydrogen) atoms. The Hall–Kier alpha value is -2.70. The van der Waals surface area contributed by atoms with E-state index >= 15 is 0 Å². The second kappa shape index (κ2) is 7.68. The minimum Gasteiger partial charge on any atom is -0.339 e. The van der Waals surface area contributed by atoms with E-state index in [1.165, 1.54) is 4.90 Å². The first-order valence-corrected chi connectivity index (χ1v) is 8.99. The number of amides is 4. The van der Waals surface area contributed by atoms with Gasteiger partial charge in [0.05, 0.1) is 6.42 Å². The van der Waals surface area contributed by atoms with Gasteiger partial charge in [0.15, 0.2) is 0 Å². The zero-order valence-electron chi connectivity index (χ0n) is 14.8. The van der Waals surface area contributed by atoms with Crippen LogP contribution in [0.5, 0.6) is 0 Å². The highest BCUT2D eigenvalue weighted by molar-refractivity contribution is 6.07. The van der Waals surface area contributed by atoms with Crippen LogP contribution in [0.3, 0.4) is 0 Å². The van der Waals surface area contributed by atoms with Crippen LogP contribution in [0.15, 0.2) is 30.3 Å². The standard InChI is InChI=1S/C19H23N3O4/c1-2-22(15-12-16(23)20-17(15)24)19(26)14-8-10-21(11-9-14)18(25)13-6-4-3-5-7-13/h3-7,14-15H,2,8-12H2,1H3,(H,20,23,24). The van der Waals surface area contributed by atoms with Crippen LogP contribution in [0, 0.1) is 5.92 Å². The van der Waals surface area contributed by atoms with Crippen molar-refractivity contribution in [3.05, 3.63) is 35.9 Å². The van der Waals surface area contributed by atoms with E-state index in [-0.39, 0.29) is 30.1 Å². The summed E-state index contributed by atoms with van der Waals surface area (Å²) in [6.07, 6.45) is 1.16. The molecule has 3 rings (SSSR count). The number of hydrogen-bond acceptors (Lipinski definition) is 4. The highest BCUT2D eigenvalue weighted by Crippen LogP contribution is 2.23. The third-order valence-corrected chi connectivity index (χ3v) is 5.10. The summed E-state index contributed by atoms with van der Waals surface area (Å²) in [6.45, 7) is 3.21. The Bertz CT molecular complexity index is 711. The molecule has 1 aromatic carbocycles. The summed E-state index contributed by atoms with van der Waals surface area (Å²) in [5.41, 5.74) is 0.647. The van der Waals surface area contributed by atoms with Crippen molar-refractivity contribution in [1.29, 1.82) is 0 Å². The van der Waals surface area contributed by atoms with Gasteiger partial charge >= 0.3 is 0 Å². The molecule has 0 spiro atoms. The average Bonchev–Trinajstić information content (AvgIpc) is 3.00. The molecule has 4 amide bonds. The molecule has 1 atom stereocenters. The molecule has 7 heteroatoms. The lowest BCUT2D eigenvalue weighted by Gasteiger charge is -2.35. The second-order valence-corrected chi connectivity index (χ2v) is 6.69. The van der Waals surface area contributed by atoms with Crippen LogP contribution in [0.25, 0.3) is 0 Å². The largest absolute Gasteiger partial charge is 0.339 e. The topological polar surface area (TPSA) is 86.8 Å². The Morgan fingerprint density at radius 3 is 2.35 bits per heavy atom. The first-order chi connectivity index (χ1) is 12.5. The fourth-order valence-electron chi connectivity index (χ4n) is 3.65. The molecule has 0 aliphatic carbocycles. The van der Waals surface area contributed by atoms with Crippen LogP contribution >= 0.6 is 0 Å². The van der Waals surface area contributed by atoms with Crippen molar-refractivity contribution in [2.24, 2.45) is 5.92 Å². The maximum Gasteiger partial charge on any atom is 0.253 e. The number of piperidine rings is 1. The molecule has 0 radical (unpaired) electrons. The normalized spacial score (nSPS) is 20.8. The van der Waals surface area contributed by atoms with Gasteiger partial charge in [0.1, 0.15) is 6.04 Å². The van der Waals surface area contributed by atoms with E-state index in [1.54, 1.807) is 17.0 Å². The van der Waals surface area contributed by atoms with Crippen molar-refractivity contribution in [1.82, 2.24) is 15.1 Å². The van der Waals surface area contributed by atoms with E-state index in [9.17, 15) is 19.2 Å². The minimum absolute atomic E-state index is 0.0235. The lowest BCUT2D eigenvalue weighted by molar-refractivity contribution is -0.143. The zero-order chi connectivity index (χ0) is 18.7. The van der Waals surface area contributed by atoms with Gasteiger partial charge in [-0.15, -0.1) is 0 Å². The maximum atomic E-state index is 12.8. The van der Waals surface area contributed by atoms with Gasteiger partial charge in [0, 0.05) is 31.1 Å². The number of imide groups is 1. The minimum atomic E-state index is -0.705. The third-order valence-electron chi connectivity index (χ3n) is 5.10. The van der Waals surface area contributed by atoms with Gasteiger partial charge in [-0.2, -0.15) is 0 Å². The monoisotopic (exact) mass is 357 g/mol. The van der Waals surface area contributed by atoms with Crippen LogP contribution in [0.1, 0.15) is 36.5 Å². The van der Waals surface area contributed by atoms with Crippen molar-refractivity contribution in [3.8, 4) is 0 Å². The van der Waals surface area contributed by atoms with E-state index in [0.717, 1.165) is 0 Å². The van der Waals surface area contributed by atoms with Crippen molar-refractivity contribution in [3.63, 3.8) is 0 Å². The number of nitrogens with zero attached hydrogens (tertiary/aromatic N) is 2. The molecular formula is C19H23N3O4. The van der Waals surface area contributed by atoms with Crippen molar-refractivity contribution >= 4 is 23.6 Å². The van der Waals surface area contributed by atoms with Crippen molar-refractivity contribution in [2.45, 2.75) is 32.2 Å². The molecule has 2 fully saturated rings. The fourth-order valence-corrected chi connectivity index (χ4v) is 3.65. The van der Waals surface area contributed by atoms with Gasteiger partial charge in [-0.1, -0.05) is 18.2 Å². The predicted molar refractivity (Wildman–Crippen MR) is 94.0 cm³/mol. The molecule has 138 valence electrons. The maximum absolute atomic E-state index is 12.8. The van der Waals surface area contributed by atoms with Crippen molar-refractivity contribution in [2.75, 3.05) is 19.6 Å². The summed E-state index contributed by atoms with van der Waals surface area (Å²) in [5.74, 6) is -1.09. The number of likely N-dealkylation sites (N-methyl/N-ethyl adjacent to an activating group) is 1. The van der Waals surface area contributed by atoms with Gasteiger partial charge in [-0.3, -0.25) is 24.5 Å². The van der Waals surface area contributed by atoms with Gasteiger partial charge in [0.2, 0.25) is 17.7 Å². The Morgan fingerprint density at radius 2 is 1.81 bits per heavy atom. The van der Waals surface area contributed by atoms with Gasteiger partial charge < -0.3 is 9.80 Å². The van der Waals surface area contributed by atoms with Crippen LogP contribution < -0.4 is 5.32 Å². The molecule has 2 saturated heterocycles. The average molecular weight is 357 g/mol. The number of nitrogens with one attached hydrogen (secondary N) is 1. The number of hydrogen-bond donors (Lipinski definition) is 1. The number of rotatable bonds is 4. The van der Waals surface area contributed by atoms with Gasteiger partial charge in [-0.25, -0.2) is 0 Å². The predicted octanol–water partition coefficient (Wildman–Crippen LogP) is 0.802. The van der Waals surface area contributed by atoms with Crippen LogP contribution in [-0.2, 0) is 14.4 Å². The van der Waals surface area contributed by atoms with Crippen LogP contribution in [-0.4, -0.2) is 59.1 Å². The number of carbonyl (C=O) groups excluding carboxylic acids is 4. The lowest BCUT2D eigenvalue weighted by atomic mass is 9.94. The van der Waals surface area contributed by atoms with Gasteiger partial charge in [-0.05, 0) is 31.9 Å². The summed E-state index contributed by atoms with van der Waals surface area (Å²) >= 11 is 0. The van der Waals surface area contributed by atoms with Crippen molar-refractivity contribution < 1.29 is 19.2 Å². The molecule has 2 aliphatic heterocycles. The Labute approximate surface area is 152 Å². The first kappa shape index (κ1) is 18.1. The highest BCUT2D eigenvalue weighted by Gasteiger charge is 2.39. The highest BCUT2D eigenvalue weighted by atomic mass is 16.2. The molecule has 1 N–H and O–H groups in total. The Kier molecular flexibility index (Phi) is 5.35. The molecular weight excluding hydrogens is 334 g/mol. The molecule has 2 aliphatic rings. The SMILES string of the molecule is CCN(C(=O)C1CCN(C(=O)c2ccccc2)CC1)C1CC(=O)NC1=O. The molecule has 0 saturated carbocycles. The van der Waals surface area contributed by atoms with E-state index in [4.69, 9.17) is 0 Å².